The Labute approximate surface area is 353 Å². The van der Waals surface area contributed by atoms with Gasteiger partial charge in [0, 0.05) is 19.3 Å². The number of rotatable bonds is 45. The van der Waals surface area contributed by atoms with Gasteiger partial charge < -0.3 is 14.2 Å². The van der Waals surface area contributed by atoms with E-state index in [-0.39, 0.29) is 31.1 Å². The Morgan fingerprint density at radius 3 is 0.965 bits per heavy atom. The second kappa shape index (κ2) is 46.6. The van der Waals surface area contributed by atoms with E-state index in [1.807, 2.05) is 0 Å². The number of esters is 3. The molecule has 0 saturated heterocycles. The van der Waals surface area contributed by atoms with Crippen LogP contribution in [-0.2, 0) is 28.6 Å². The minimum atomic E-state index is -0.779. The van der Waals surface area contributed by atoms with Crippen molar-refractivity contribution in [2.24, 2.45) is 0 Å². The van der Waals surface area contributed by atoms with Gasteiger partial charge in [0.2, 0.25) is 0 Å². The van der Waals surface area contributed by atoms with Crippen LogP contribution in [0.1, 0.15) is 265 Å². The molecule has 0 aliphatic rings. The smallest absolute Gasteiger partial charge is 0.306 e. The minimum absolute atomic E-state index is 0.0808. The van der Waals surface area contributed by atoms with E-state index in [1.165, 1.54) is 161 Å². The van der Waals surface area contributed by atoms with Gasteiger partial charge in [-0.15, -0.1) is 0 Å². The molecule has 0 N–H and O–H groups in total. The highest BCUT2D eigenvalue weighted by Gasteiger charge is 2.19. The molecule has 0 fully saturated rings. The molecule has 0 rings (SSSR count). The molecule has 1 unspecified atom stereocenters. The summed E-state index contributed by atoms with van der Waals surface area (Å²) in [6.45, 7) is 6.59. The monoisotopic (exact) mass is 803 g/mol. The van der Waals surface area contributed by atoms with Crippen LogP contribution in [0.25, 0.3) is 0 Å². The predicted molar refractivity (Wildman–Crippen MR) is 243 cm³/mol. The van der Waals surface area contributed by atoms with Crippen LogP contribution in [0.3, 0.4) is 0 Å². The lowest BCUT2D eigenvalue weighted by atomic mass is 10.0. The average Bonchev–Trinajstić information content (AvgIpc) is 3.21. The molecule has 0 aromatic carbocycles. The van der Waals surface area contributed by atoms with Gasteiger partial charge in [0.1, 0.15) is 13.2 Å². The Hall–Kier alpha value is -2.11. The molecule has 0 aliphatic carbocycles. The average molecular weight is 803 g/mol. The summed E-state index contributed by atoms with van der Waals surface area (Å²) in [6, 6.07) is 0. The molecule has 0 saturated carbocycles. The quantitative estimate of drug-likeness (QED) is 0.0264. The van der Waals surface area contributed by atoms with Gasteiger partial charge in [0.25, 0.3) is 0 Å². The SMILES string of the molecule is CCCCCC/C=C\CCCC(=O)OCC(COC(=O)CCCCCCC/C=C\CCCCCCCCC)OC(=O)CCCCCCCCCCCCCCCC. The van der Waals surface area contributed by atoms with Gasteiger partial charge in [-0.2, -0.15) is 0 Å². The van der Waals surface area contributed by atoms with Crippen LogP contribution in [0.5, 0.6) is 0 Å². The summed E-state index contributed by atoms with van der Waals surface area (Å²) < 4.78 is 16.7. The number of allylic oxidation sites excluding steroid dienone is 4. The second-order valence-electron chi connectivity index (χ2n) is 16.7. The van der Waals surface area contributed by atoms with Crippen LogP contribution in [0, 0.1) is 0 Å². The van der Waals surface area contributed by atoms with Crippen molar-refractivity contribution in [2.45, 2.75) is 271 Å². The Morgan fingerprint density at radius 1 is 0.333 bits per heavy atom. The molecule has 0 aliphatic heterocycles. The highest BCUT2D eigenvalue weighted by molar-refractivity contribution is 5.71. The van der Waals surface area contributed by atoms with Gasteiger partial charge in [-0.05, 0) is 64.2 Å². The molecule has 0 bridgehead atoms. The number of ether oxygens (including phenoxy) is 3. The Bertz CT molecular complexity index is 927. The lowest BCUT2D eigenvalue weighted by Gasteiger charge is -2.18. The van der Waals surface area contributed by atoms with E-state index in [0.717, 1.165) is 64.2 Å². The van der Waals surface area contributed by atoms with Crippen molar-refractivity contribution in [3.8, 4) is 0 Å². The minimum Gasteiger partial charge on any atom is -0.462 e. The van der Waals surface area contributed by atoms with Crippen molar-refractivity contribution in [3.05, 3.63) is 24.3 Å². The van der Waals surface area contributed by atoms with E-state index >= 15 is 0 Å². The maximum Gasteiger partial charge on any atom is 0.306 e. The molecule has 57 heavy (non-hydrogen) atoms. The van der Waals surface area contributed by atoms with Gasteiger partial charge in [-0.1, -0.05) is 206 Å². The van der Waals surface area contributed by atoms with Gasteiger partial charge in [0.15, 0.2) is 6.10 Å². The summed E-state index contributed by atoms with van der Waals surface area (Å²) in [5.74, 6) is -0.916. The highest BCUT2D eigenvalue weighted by Crippen LogP contribution is 2.15. The number of unbranched alkanes of at least 4 members (excludes halogenated alkanes) is 30. The van der Waals surface area contributed by atoms with Crippen LogP contribution >= 0.6 is 0 Å². The maximum atomic E-state index is 12.7. The molecule has 1 atom stereocenters. The zero-order chi connectivity index (χ0) is 41.5. The van der Waals surface area contributed by atoms with Gasteiger partial charge in [-0.25, -0.2) is 0 Å². The maximum absolute atomic E-state index is 12.7. The first-order valence-corrected chi connectivity index (χ1v) is 24.8. The summed E-state index contributed by atoms with van der Waals surface area (Å²) in [7, 11) is 0. The predicted octanol–water partition coefficient (Wildman–Crippen LogP) is 16.0. The standard InChI is InChI=1S/C51H94O6/c1-4-7-10-13-16-19-21-23-25-26-28-29-32-35-38-41-44-50(53)56-47-48(46-55-49(52)43-40-37-34-31-18-15-12-9-6-3)57-51(54)45-42-39-36-33-30-27-24-22-20-17-14-11-8-5-2/h25-26,31,34,48H,4-24,27-30,32-33,35-47H2,1-3H3/b26-25-,34-31-. The third-order valence-corrected chi connectivity index (χ3v) is 10.9. The number of hydrogen-bond donors (Lipinski definition) is 0. The lowest BCUT2D eigenvalue weighted by Crippen LogP contribution is -2.30. The third-order valence-electron chi connectivity index (χ3n) is 10.9. The van der Waals surface area contributed by atoms with E-state index in [1.54, 1.807) is 0 Å². The van der Waals surface area contributed by atoms with E-state index in [4.69, 9.17) is 14.2 Å². The number of carbonyl (C=O) groups excluding carboxylic acids is 3. The van der Waals surface area contributed by atoms with Crippen molar-refractivity contribution in [1.29, 1.82) is 0 Å². The summed E-state index contributed by atoms with van der Waals surface area (Å²) >= 11 is 0. The van der Waals surface area contributed by atoms with Crippen molar-refractivity contribution in [2.75, 3.05) is 13.2 Å². The van der Waals surface area contributed by atoms with E-state index in [0.29, 0.717) is 19.3 Å². The van der Waals surface area contributed by atoms with Crippen molar-refractivity contribution in [1.82, 2.24) is 0 Å². The van der Waals surface area contributed by atoms with Crippen molar-refractivity contribution >= 4 is 17.9 Å². The van der Waals surface area contributed by atoms with Gasteiger partial charge in [-0.3, -0.25) is 14.4 Å². The van der Waals surface area contributed by atoms with Gasteiger partial charge >= 0.3 is 17.9 Å². The fraction of sp³-hybridized carbons (Fsp3) is 0.863. The molecular weight excluding hydrogens is 709 g/mol. The second-order valence-corrected chi connectivity index (χ2v) is 16.7. The van der Waals surface area contributed by atoms with Crippen LogP contribution in [0.15, 0.2) is 24.3 Å². The van der Waals surface area contributed by atoms with Crippen molar-refractivity contribution < 1.29 is 28.6 Å². The molecule has 0 spiro atoms. The molecule has 0 heterocycles. The zero-order valence-corrected chi connectivity index (χ0v) is 38.1. The molecule has 0 amide bonds. The van der Waals surface area contributed by atoms with Crippen LogP contribution in [-0.4, -0.2) is 37.2 Å². The normalized spacial score (nSPS) is 12.1. The third kappa shape index (κ3) is 44.8. The molecule has 0 aromatic heterocycles. The van der Waals surface area contributed by atoms with Crippen LogP contribution in [0.4, 0.5) is 0 Å². The summed E-state index contributed by atoms with van der Waals surface area (Å²) in [5, 5.41) is 0. The number of carbonyl (C=O) groups is 3. The molecule has 0 aromatic rings. The summed E-state index contributed by atoms with van der Waals surface area (Å²) in [6.07, 6.45) is 51.7. The summed E-state index contributed by atoms with van der Waals surface area (Å²) in [4.78, 5) is 37.8. The molecule has 6 heteroatoms. The Morgan fingerprint density at radius 2 is 0.596 bits per heavy atom. The van der Waals surface area contributed by atoms with Crippen LogP contribution in [0.2, 0.25) is 0 Å². The molecule has 6 nitrogen and oxygen atoms in total. The largest absolute Gasteiger partial charge is 0.462 e. The first kappa shape index (κ1) is 54.9. The fourth-order valence-corrected chi connectivity index (χ4v) is 7.15. The van der Waals surface area contributed by atoms with E-state index in [9.17, 15) is 14.4 Å². The highest BCUT2D eigenvalue weighted by atomic mass is 16.6. The Balaban J connectivity index is 4.33. The summed E-state index contributed by atoms with van der Waals surface area (Å²) in [5.41, 5.74) is 0. The molecular formula is C51H94O6. The van der Waals surface area contributed by atoms with E-state index in [2.05, 4.69) is 45.1 Å². The van der Waals surface area contributed by atoms with E-state index < -0.39 is 6.10 Å². The first-order chi connectivity index (χ1) is 28.0. The number of hydrogen-bond acceptors (Lipinski definition) is 6. The Kier molecular flexibility index (Phi) is 44.9. The van der Waals surface area contributed by atoms with Crippen molar-refractivity contribution in [3.63, 3.8) is 0 Å². The van der Waals surface area contributed by atoms with Crippen LogP contribution < -0.4 is 0 Å². The zero-order valence-electron chi connectivity index (χ0n) is 38.1. The topological polar surface area (TPSA) is 78.9 Å². The fourth-order valence-electron chi connectivity index (χ4n) is 7.15. The lowest BCUT2D eigenvalue weighted by molar-refractivity contribution is -0.167. The molecule has 0 radical (unpaired) electrons. The molecule has 334 valence electrons. The first-order valence-electron chi connectivity index (χ1n) is 24.8. The van der Waals surface area contributed by atoms with Gasteiger partial charge in [0.05, 0.1) is 0 Å².